The smallest absolute Gasteiger partial charge is 0.197 e. The first-order chi connectivity index (χ1) is 28.8. The Balaban J connectivity index is 0.922. The lowest BCUT2D eigenvalue weighted by Gasteiger charge is -2.37. The van der Waals surface area contributed by atoms with Crippen molar-refractivity contribution < 1.29 is 19.2 Å². The summed E-state index contributed by atoms with van der Waals surface area (Å²) in [5.41, 5.74) is 7.25. The topological polar surface area (TPSA) is 68.3 Å². The summed E-state index contributed by atoms with van der Waals surface area (Å²) in [7, 11) is 0. The largest absolute Gasteiger partial charge is 0.288 e. The van der Waals surface area contributed by atoms with Crippen LogP contribution >= 0.6 is 34.0 Å². The second-order valence-electron chi connectivity index (χ2n) is 17.5. The van der Waals surface area contributed by atoms with E-state index in [-0.39, 0.29) is 34.0 Å². The van der Waals surface area contributed by atoms with Gasteiger partial charge in [-0.2, -0.15) is 0 Å². The average Bonchev–Trinajstić information content (AvgIpc) is 4.09. The zero-order valence-electron chi connectivity index (χ0n) is 32.2. The predicted octanol–water partition coefficient (Wildman–Crippen LogP) is 13.7. The highest BCUT2D eigenvalue weighted by molar-refractivity contribution is 7.39. The molecule has 2 fully saturated rings. The maximum absolute atomic E-state index is 14.0. The monoisotopic (exact) mass is 820 g/mol. The van der Waals surface area contributed by atoms with Gasteiger partial charge in [0.25, 0.3) is 0 Å². The van der Waals surface area contributed by atoms with Crippen LogP contribution in [0.25, 0.3) is 52.5 Å². The first-order valence-electron chi connectivity index (χ1n) is 21.0. The summed E-state index contributed by atoms with van der Waals surface area (Å²) in [6.07, 6.45) is 19.4. The second-order valence-corrected chi connectivity index (χ2v) is 20.6. The molecule has 0 aliphatic heterocycles. The van der Waals surface area contributed by atoms with Crippen LogP contribution in [0.2, 0.25) is 0 Å². The Bertz CT molecular complexity index is 2970. The van der Waals surface area contributed by atoms with Crippen LogP contribution in [0.5, 0.6) is 0 Å². The highest BCUT2D eigenvalue weighted by Gasteiger charge is 2.49. The van der Waals surface area contributed by atoms with Crippen LogP contribution in [0.4, 0.5) is 0 Å². The molecular formula is C52H36O4S3. The molecule has 0 N–H and O–H groups in total. The molecule has 0 unspecified atom stereocenters. The standard InChI is InChI=1S/C52H36O4S3/c53-43-33-19-27-11-3-4-12-28(27)20-34(33)44(54)37(43)23-31-25-39-41(51(31)15-7-1-8-16-51)47-49(57-39)50-48(59-47)42-40(58-50)26-32(52(42)17-9-2-10-18-52)24-38-45(55)35-21-29-13-5-6-14-30(29)22-36(35)46(38)56/h3-6,11-14,19-26H,1-2,7-10,15-18H2. The van der Waals surface area contributed by atoms with Gasteiger partial charge in [-0.15, -0.1) is 34.0 Å². The first-order valence-corrected chi connectivity index (χ1v) is 23.4. The van der Waals surface area contributed by atoms with Gasteiger partial charge >= 0.3 is 0 Å². The number of hydrogen-bond acceptors (Lipinski definition) is 7. The third kappa shape index (κ3) is 4.53. The molecule has 4 nitrogen and oxygen atoms in total. The van der Waals surface area contributed by atoms with Gasteiger partial charge in [0.2, 0.25) is 0 Å². The fourth-order valence-electron chi connectivity index (χ4n) is 11.8. The highest BCUT2D eigenvalue weighted by atomic mass is 32.1. The maximum atomic E-state index is 14.0. The Morgan fingerprint density at radius 2 is 0.763 bits per heavy atom. The van der Waals surface area contributed by atoms with Crippen LogP contribution in [0.3, 0.4) is 0 Å². The second kappa shape index (κ2) is 12.1. The van der Waals surface area contributed by atoms with E-state index in [1.165, 1.54) is 52.5 Å². The number of ketones is 4. The number of benzene rings is 4. The van der Waals surface area contributed by atoms with E-state index in [1.807, 2.05) is 119 Å². The van der Waals surface area contributed by atoms with Gasteiger partial charge in [0, 0.05) is 42.8 Å². The molecule has 3 heterocycles. The van der Waals surface area contributed by atoms with Gasteiger partial charge in [-0.05, 0) is 118 Å². The summed E-state index contributed by atoms with van der Waals surface area (Å²) in [5.74, 6) is -0.650. The van der Waals surface area contributed by atoms with E-state index >= 15 is 0 Å². The number of rotatable bonds is 2. The van der Waals surface area contributed by atoms with Gasteiger partial charge in [0.1, 0.15) is 0 Å². The molecule has 3 aromatic heterocycles. The molecule has 2 saturated carbocycles. The van der Waals surface area contributed by atoms with Crippen molar-refractivity contribution in [1.82, 2.24) is 0 Å². The van der Waals surface area contributed by atoms with Crippen molar-refractivity contribution >= 4 is 110 Å². The summed E-state index contributed by atoms with van der Waals surface area (Å²) in [4.78, 5) is 58.5. The molecule has 0 bridgehead atoms. The average molecular weight is 821 g/mol. The number of carbonyl (C=O) groups is 4. The minimum Gasteiger partial charge on any atom is -0.288 e. The van der Waals surface area contributed by atoms with Gasteiger partial charge in [-0.3, -0.25) is 19.2 Å². The lowest BCUT2D eigenvalue weighted by Crippen LogP contribution is -2.29. The molecule has 4 aromatic carbocycles. The van der Waals surface area contributed by atoms with Crippen LogP contribution in [0.1, 0.15) is 127 Å². The van der Waals surface area contributed by atoms with Crippen molar-refractivity contribution in [3.63, 3.8) is 0 Å². The fraction of sp³-hybridized carbons (Fsp3) is 0.231. The van der Waals surface area contributed by atoms with Crippen molar-refractivity contribution in [1.29, 1.82) is 0 Å². The molecule has 0 atom stereocenters. The Hall–Kier alpha value is -5.34. The zero-order valence-corrected chi connectivity index (χ0v) is 34.6. The summed E-state index contributed by atoms with van der Waals surface area (Å²) in [6, 6.07) is 23.4. The van der Waals surface area contributed by atoms with E-state index in [0.29, 0.717) is 33.4 Å². The van der Waals surface area contributed by atoms with Crippen molar-refractivity contribution in [3.05, 3.63) is 150 Å². The van der Waals surface area contributed by atoms with Crippen LogP contribution in [0, 0.1) is 0 Å². The molecule has 2 spiro atoms. The molecule has 59 heavy (non-hydrogen) atoms. The fourth-order valence-corrected chi connectivity index (χ4v) is 16.6. The van der Waals surface area contributed by atoms with Crippen LogP contribution < -0.4 is 0 Å². The third-order valence-electron chi connectivity index (χ3n) is 14.6. The van der Waals surface area contributed by atoms with E-state index in [2.05, 4.69) is 12.2 Å². The molecule has 0 amide bonds. The van der Waals surface area contributed by atoms with E-state index in [4.69, 9.17) is 0 Å². The number of fused-ring (bicyclic) bond motifs is 13. The number of hydrogen-bond donors (Lipinski definition) is 0. The van der Waals surface area contributed by atoms with E-state index < -0.39 is 0 Å². The number of thiophene rings is 3. The first kappa shape index (κ1) is 34.5. The molecule has 6 aliphatic carbocycles. The van der Waals surface area contributed by atoms with Gasteiger partial charge < -0.3 is 0 Å². The van der Waals surface area contributed by atoms with Gasteiger partial charge in [0.05, 0.1) is 29.9 Å². The summed E-state index contributed by atoms with van der Waals surface area (Å²) < 4.78 is 5.44. The molecule has 0 saturated heterocycles. The Kier molecular flexibility index (Phi) is 7.09. The van der Waals surface area contributed by atoms with Crippen molar-refractivity contribution in [2.24, 2.45) is 0 Å². The minimum absolute atomic E-state index is 0.162. The quantitative estimate of drug-likeness (QED) is 0.129. The molecule has 13 rings (SSSR count). The molecule has 7 aromatic rings. The van der Waals surface area contributed by atoms with Gasteiger partial charge in [0.15, 0.2) is 23.1 Å². The Morgan fingerprint density at radius 3 is 1.10 bits per heavy atom. The molecule has 286 valence electrons. The molecule has 6 aliphatic rings. The number of carbonyl (C=O) groups excluding carboxylic acids is 4. The van der Waals surface area contributed by atoms with Crippen molar-refractivity contribution in [3.8, 4) is 0 Å². The van der Waals surface area contributed by atoms with Crippen LogP contribution in [0.15, 0.2) is 107 Å². The molecule has 0 radical (unpaired) electrons. The Morgan fingerprint density at radius 1 is 0.424 bits per heavy atom. The van der Waals surface area contributed by atoms with Crippen molar-refractivity contribution in [2.75, 3.05) is 0 Å². The minimum atomic E-state index is -0.228. The molecule has 7 heteroatoms. The number of allylic oxidation sites excluding steroid dienone is 6. The normalized spacial score (nSPS) is 20.1. The van der Waals surface area contributed by atoms with Gasteiger partial charge in [-0.25, -0.2) is 0 Å². The highest BCUT2D eigenvalue weighted by Crippen LogP contribution is 2.64. The lowest BCUT2D eigenvalue weighted by molar-refractivity contribution is 0.0973. The van der Waals surface area contributed by atoms with Gasteiger partial charge in [-0.1, -0.05) is 87.1 Å². The number of Topliss-reactive ketones (excluding diaryl/α,β-unsaturated/α-hetero) is 4. The SMILES string of the molecule is O=C1C(=CC2=Cc3sc4c(sc5c6c(sc54)C=C(C=C4C(=O)c5cc7ccccc7cc5C4=O)C64CCCCC4)c3C23CCCCC3)C(=O)c2cc3ccccc3cc21. The van der Waals surface area contributed by atoms with E-state index in [0.717, 1.165) is 84.1 Å². The lowest BCUT2D eigenvalue weighted by atomic mass is 9.67. The van der Waals surface area contributed by atoms with Crippen LogP contribution in [-0.4, -0.2) is 23.1 Å². The third-order valence-corrected chi connectivity index (χ3v) is 18.5. The maximum Gasteiger partial charge on any atom is 0.197 e. The summed E-state index contributed by atoms with van der Waals surface area (Å²) in [5, 5.41) is 3.89. The zero-order chi connectivity index (χ0) is 39.4. The Labute approximate surface area is 352 Å². The van der Waals surface area contributed by atoms with E-state index in [1.54, 1.807) is 0 Å². The summed E-state index contributed by atoms with van der Waals surface area (Å²) >= 11 is 5.70. The predicted molar refractivity (Wildman–Crippen MR) is 242 cm³/mol. The van der Waals surface area contributed by atoms with Crippen molar-refractivity contribution in [2.45, 2.75) is 75.0 Å². The van der Waals surface area contributed by atoms with Crippen LogP contribution in [-0.2, 0) is 10.8 Å². The molecular weight excluding hydrogens is 785 g/mol. The summed E-state index contributed by atoms with van der Waals surface area (Å²) in [6.45, 7) is 0. The van der Waals surface area contributed by atoms with E-state index in [9.17, 15) is 19.2 Å².